The van der Waals surface area contributed by atoms with Crippen molar-refractivity contribution in [3.63, 3.8) is 0 Å². The molecule has 0 aliphatic heterocycles. The molecule has 1 amide bonds. The summed E-state index contributed by atoms with van der Waals surface area (Å²) in [4.78, 5) is 16.9. The fourth-order valence-corrected chi connectivity index (χ4v) is 2.32. The fraction of sp³-hybridized carbons (Fsp3) is 0.200. The Balaban J connectivity index is 2.10. The molecular weight excluding hydrogens is 288 g/mol. The zero-order valence-corrected chi connectivity index (χ0v) is 12.2. The number of nitrogens with zero attached hydrogens (tertiary/aromatic N) is 1. The Morgan fingerprint density at radius 3 is 3.05 bits per heavy atom. The molecule has 0 bridgehead atoms. The highest BCUT2D eigenvalue weighted by Gasteiger charge is 2.13. The lowest BCUT2D eigenvalue weighted by atomic mass is 10.1. The summed E-state index contributed by atoms with van der Waals surface area (Å²) in [5.41, 5.74) is 0.924. The van der Waals surface area contributed by atoms with Crippen LogP contribution in [0.3, 0.4) is 0 Å². The van der Waals surface area contributed by atoms with Gasteiger partial charge in [-0.1, -0.05) is 29.2 Å². The largest absolute Gasteiger partial charge is 0.508 e. The molecule has 108 valence electrons. The SMILES string of the molecule is Cc1c(O)cccc1C(=O)Nc1ncc(C#CCCO)s1. The van der Waals surface area contributed by atoms with Gasteiger partial charge in [-0.15, -0.1) is 0 Å². The highest BCUT2D eigenvalue weighted by atomic mass is 32.1. The minimum Gasteiger partial charge on any atom is -0.508 e. The van der Waals surface area contributed by atoms with Crippen LogP contribution in [0.15, 0.2) is 24.4 Å². The Morgan fingerprint density at radius 2 is 2.29 bits per heavy atom. The van der Waals surface area contributed by atoms with Gasteiger partial charge in [0.2, 0.25) is 0 Å². The smallest absolute Gasteiger partial charge is 0.257 e. The second kappa shape index (κ2) is 6.88. The van der Waals surface area contributed by atoms with Gasteiger partial charge in [0.15, 0.2) is 5.13 Å². The Bertz CT molecular complexity index is 713. The van der Waals surface area contributed by atoms with Crippen LogP contribution in [0.4, 0.5) is 5.13 Å². The average Bonchev–Trinajstić information content (AvgIpc) is 2.89. The maximum absolute atomic E-state index is 12.1. The number of rotatable bonds is 3. The standard InChI is InChI=1S/C15H14N2O3S/c1-10-12(6-4-7-13(10)19)14(20)17-15-16-9-11(21-15)5-2-3-8-18/h4,6-7,9,18-19H,3,8H2,1H3,(H,16,17,20). The second-order valence-corrected chi connectivity index (χ2v) is 5.24. The molecular formula is C15H14N2O3S. The van der Waals surface area contributed by atoms with E-state index in [4.69, 9.17) is 5.11 Å². The lowest BCUT2D eigenvalue weighted by molar-refractivity contribution is 0.102. The zero-order valence-electron chi connectivity index (χ0n) is 11.4. The van der Waals surface area contributed by atoms with E-state index in [0.29, 0.717) is 27.6 Å². The summed E-state index contributed by atoms with van der Waals surface area (Å²) in [5.74, 6) is 5.40. The number of carbonyl (C=O) groups excluding carboxylic acids is 1. The van der Waals surface area contributed by atoms with Gasteiger partial charge in [-0.05, 0) is 19.1 Å². The molecule has 0 atom stereocenters. The van der Waals surface area contributed by atoms with Crippen LogP contribution in [0.2, 0.25) is 0 Å². The normalized spacial score (nSPS) is 9.81. The number of aliphatic hydroxyl groups is 1. The van der Waals surface area contributed by atoms with Crippen LogP contribution >= 0.6 is 11.3 Å². The molecule has 2 aromatic rings. The van der Waals surface area contributed by atoms with E-state index in [1.165, 1.54) is 17.4 Å². The molecule has 0 saturated heterocycles. The number of thiazole rings is 1. The lowest BCUT2D eigenvalue weighted by Crippen LogP contribution is -2.13. The van der Waals surface area contributed by atoms with Crippen molar-refractivity contribution < 1.29 is 15.0 Å². The molecule has 3 N–H and O–H groups in total. The molecule has 6 heteroatoms. The molecule has 0 saturated carbocycles. The van der Waals surface area contributed by atoms with Crippen molar-refractivity contribution in [2.45, 2.75) is 13.3 Å². The summed E-state index contributed by atoms with van der Waals surface area (Å²) in [5, 5.41) is 21.4. The predicted octanol–water partition coefficient (Wildman–Crippen LogP) is 2.14. The number of hydrogen-bond donors (Lipinski definition) is 3. The molecule has 0 fully saturated rings. The van der Waals surface area contributed by atoms with Crippen LogP contribution in [0.25, 0.3) is 0 Å². The van der Waals surface area contributed by atoms with Gasteiger partial charge in [0.05, 0.1) is 17.7 Å². The zero-order chi connectivity index (χ0) is 15.2. The number of anilines is 1. The summed E-state index contributed by atoms with van der Waals surface area (Å²) in [6.07, 6.45) is 1.97. The van der Waals surface area contributed by atoms with Crippen molar-refractivity contribution in [2.75, 3.05) is 11.9 Å². The third-order valence-corrected chi connectivity index (χ3v) is 3.55. The van der Waals surface area contributed by atoms with E-state index in [1.54, 1.807) is 25.3 Å². The molecule has 21 heavy (non-hydrogen) atoms. The molecule has 0 unspecified atom stereocenters. The molecule has 0 spiro atoms. The number of aromatic nitrogens is 1. The second-order valence-electron chi connectivity index (χ2n) is 4.21. The van der Waals surface area contributed by atoms with Crippen molar-refractivity contribution >= 4 is 22.4 Å². The Kier molecular flexibility index (Phi) is 4.93. The summed E-state index contributed by atoms with van der Waals surface area (Å²) < 4.78 is 0. The first-order chi connectivity index (χ1) is 10.1. The Hall–Kier alpha value is -2.36. The quantitative estimate of drug-likeness (QED) is 0.759. The highest BCUT2D eigenvalue weighted by molar-refractivity contribution is 7.16. The number of phenols is 1. The number of amides is 1. The Labute approximate surface area is 126 Å². The van der Waals surface area contributed by atoms with E-state index < -0.39 is 0 Å². The minimum absolute atomic E-state index is 0.0200. The van der Waals surface area contributed by atoms with E-state index in [9.17, 15) is 9.90 Å². The molecule has 0 aliphatic rings. The molecule has 0 aliphatic carbocycles. The molecule has 2 rings (SSSR count). The van der Waals surface area contributed by atoms with Gasteiger partial charge < -0.3 is 10.2 Å². The van der Waals surface area contributed by atoms with Gasteiger partial charge in [0.1, 0.15) is 5.75 Å². The third kappa shape index (κ3) is 3.81. The lowest BCUT2D eigenvalue weighted by Gasteiger charge is -2.06. The van der Waals surface area contributed by atoms with Crippen molar-refractivity contribution in [2.24, 2.45) is 0 Å². The van der Waals surface area contributed by atoms with Crippen LogP contribution in [-0.4, -0.2) is 27.7 Å². The van der Waals surface area contributed by atoms with Crippen LogP contribution in [0.1, 0.15) is 27.2 Å². The number of aromatic hydroxyl groups is 1. The van der Waals surface area contributed by atoms with Gasteiger partial charge in [-0.25, -0.2) is 4.98 Å². The molecule has 1 aromatic heterocycles. The molecule has 5 nitrogen and oxygen atoms in total. The summed E-state index contributed by atoms with van der Waals surface area (Å²) in [6.45, 7) is 1.70. The summed E-state index contributed by atoms with van der Waals surface area (Å²) in [7, 11) is 0. The first-order valence-corrected chi connectivity index (χ1v) is 7.09. The third-order valence-electron chi connectivity index (χ3n) is 2.72. The molecule has 1 heterocycles. The van der Waals surface area contributed by atoms with Crippen molar-refractivity contribution in [1.82, 2.24) is 4.98 Å². The summed E-state index contributed by atoms with van der Waals surface area (Å²) >= 11 is 1.26. The average molecular weight is 302 g/mol. The van der Waals surface area contributed by atoms with Gasteiger partial charge in [0, 0.05) is 17.5 Å². The van der Waals surface area contributed by atoms with E-state index in [2.05, 4.69) is 22.1 Å². The molecule has 1 aromatic carbocycles. The van der Waals surface area contributed by atoms with E-state index in [1.807, 2.05) is 0 Å². The number of carbonyl (C=O) groups is 1. The number of benzene rings is 1. The number of phenolic OH excluding ortho intramolecular Hbond substituents is 1. The summed E-state index contributed by atoms with van der Waals surface area (Å²) in [6, 6.07) is 4.79. The maximum Gasteiger partial charge on any atom is 0.257 e. The van der Waals surface area contributed by atoms with Crippen LogP contribution < -0.4 is 5.32 Å². The number of aliphatic hydroxyl groups excluding tert-OH is 1. The van der Waals surface area contributed by atoms with Gasteiger partial charge in [-0.2, -0.15) is 0 Å². The van der Waals surface area contributed by atoms with Crippen molar-refractivity contribution in [1.29, 1.82) is 0 Å². The van der Waals surface area contributed by atoms with E-state index in [0.717, 1.165) is 0 Å². The number of hydrogen-bond acceptors (Lipinski definition) is 5. The van der Waals surface area contributed by atoms with Gasteiger partial charge in [0.25, 0.3) is 5.91 Å². The van der Waals surface area contributed by atoms with Crippen LogP contribution in [0, 0.1) is 18.8 Å². The van der Waals surface area contributed by atoms with Gasteiger partial charge >= 0.3 is 0 Å². The first-order valence-electron chi connectivity index (χ1n) is 6.27. The van der Waals surface area contributed by atoms with Crippen molar-refractivity contribution in [3.05, 3.63) is 40.4 Å². The number of nitrogens with one attached hydrogen (secondary N) is 1. The maximum atomic E-state index is 12.1. The topological polar surface area (TPSA) is 82.5 Å². The Morgan fingerprint density at radius 1 is 1.48 bits per heavy atom. The van der Waals surface area contributed by atoms with E-state index in [-0.39, 0.29) is 18.3 Å². The molecule has 0 radical (unpaired) electrons. The fourth-order valence-electron chi connectivity index (χ4n) is 1.63. The highest BCUT2D eigenvalue weighted by Crippen LogP contribution is 2.22. The van der Waals surface area contributed by atoms with Crippen LogP contribution in [0.5, 0.6) is 5.75 Å². The van der Waals surface area contributed by atoms with Crippen molar-refractivity contribution in [3.8, 4) is 17.6 Å². The first kappa shape index (κ1) is 15.0. The van der Waals surface area contributed by atoms with E-state index >= 15 is 0 Å². The predicted molar refractivity (Wildman–Crippen MR) is 81.5 cm³/mol. The monoisotopic (exact) mass is 302 g/mol. The van der Waals surface area contributed by atoms with Crippen LogP contribution in [-0.2, 0) is 0 Å². The van der Waals surface area contributed by atoms with Gasteiger partial charge in [-0.3, -0.25) is 10.1 Å². The minimum atomic E-state index is -0.326.